The predicted octanol–water partition coefficient (Wildman–Crippen LogP) is 4.50. The summed E-state index contributed by atoms with van der Waals surface area (Å²) in [4.78, 5) is 0. The van der Waals surface area contributed by atoms with Gasteiger partial charge in [-0.05, 0) is 24.3 Å². The monoisotopic (exact) mass is 326 g/mol. The van der Waals surface area contributed by atoms with Crippen molar-refractivity contribution in [3.63, 3.8) is 0 Å². The molecule has 2 nitrogen and oxygen atoms in total. The van der Waals surface area contributed by atoms with E-state index in [0.717, 1.165) is 0 Å². The Morgan fingerprint density at radius 2 is 0.909 bits per heavy atom. The first kappa shape index (κ1) is 15.4. The third-order valence-corrected chi connectivity index (χ3v) is 11.3. The highest BCUT2D eigenvalue weighted by Crippen LogP contribution is 2.33. The van der Waals surface area contributed by atoms with Gasteiger partial charge in [-0.2, -0.15) is 0 Å². The van der Waals surface area contributed by atoms with Crippen LogP contribution in [0.15, 0.2) is 60.7 Å². The molecule has 0 atom stereocenters. The molecule has 116 valence electrons. The van der Waals surface area contributed by atoms with Crippen LogP contribution < -0.4 is 9.13 Å². The third kappa shape index (κ3) is 2.85. The average molecular weight is 327 g/mol. The molecule has 2 aromatic rings. The lowest BCUT2D eigenvalue weighted by molar-refractivity contribution is 1.00. The molecular formula is C18H26N2Si2. The molecule has 3 rings (SSSR count). The molecule has 1 fully saturated rings. The highest BCUT2D eigenvalue weighted by Gasteiger charge is 2.46. The summed E-state index contributed by atoms with van der Waals surface area (Å²) in [6, 6.07) is 22.0. The maximum absolute atomic E-state index is 2.75. The Hall–Kier alpha value is -1.53. The van der Waals surface area contributed by atoms with E-state index in [-0.39, 0.29) is 0 Å². The standard InChI is InChI=1S/C18H26N2Si2/c1-21(2)15-20(18-13-9-6-10-14-18)22(3,4)16-19(21)17-11-7-5-8-12-17/h5-14H,15-16H2,1-4H3. The van der Waals surface area contributed by atoms with Gasteiger partial charge in [-0.25, -0.2) is 0 Å². The van der Waals surface area contributed by atoms with Crippen molar-refractivity contribution in [2.24, 2.45) is 0 Å². The Morgan fingerprint density at radius 1 is 0.591 bits per heavy atom. The summed E-state index contributed by atoms with van der Waals surface area (Å²) in [6.07, 6.45) is 2.43. The Labute approximate surface area is 136 Å². The second-order valence-electron chi connectivity index (χ2n) is 7.47. The van der Waals surface area contributed by atoms with Gasteiger partial charge in [-0.15, -0.1) is 0 Å². The number of anilines is 2. The second-order valence-corrected chi connectivity index (χ2v) is 16.4. The number of nitrogens with zero attached hydrogens (tertiary/aromatic N) is 2. The SMILES string of the molecule is C[Si]1(C)CN(c2ccccc2)[Si](C)(C)CN1c1ccccc1. The van der Waals surface area contributed by atoms with E-state index in [0.29, 0.717) is 0 Å². The van der Waals surface area contributed by atoms with Crippen molar-refractivity contribution < 1.29 is 0 Å². The Balaban J connectivity index is 1.95. The van der Waals surface area contributed by atoms with Crippen LogP contribution in [0.1, 0.15) is 0 Å². The Bertz CT molecular complexity index is 569. The minimum absolute atomic E-state index is 1.21. The molecule has 4 heteroatoms. The van der Waals surface area contributed by atoms with Crippen LogP contribution in [0.25, 0.3) is 0 Å². The maximum atomic E-state index is 2.75. The molecule has 0 aliphatic carbocycles. The first-order chi connectivity index (χ1) is 10.4. The van der Waals surface area contributed by atoms with Gasteiger partial charge in [0.1, 0.15) is 0 Å². The normalized spacial score (nSPS) is 20.0. The lowest BCUT2D eigenvalue weighted by atomic mass is 10.3. The second kappa shape index (κ2) is 5.59. The summed E-state index contributed by atoms with van der Waals surface area (Å²) in [5, 5.41) is 0. The molecule has 0 saturated carbocycles. The van der Waals surface area contributed by atoms with E-state index < -0.39 is 16.5 Å². The van der Waals surface area contributed by atoms with Crippen molar-refractivity contribution >= 4 is 27.8 Å². The highest BCUT2D eigenvalue weighted by atomic mass is 28.4. The van der Waals surface area contributed by atoms with E-state index >= 15 is 0 Å². The zero-order chi connectivity index (χ0) is 15.8. The molecule has 0 bridgehead atoms. The molecule has 0 aromatic heterocycles. The van der Waals surface area contributed by atoms with Crippen molar-refractivity contribution in [3.8, 4) is 0 Å². The van der Waals surface area contributed by atoms with Crippen LogP contribution in [0.2, 0.25) is 26.2 Å². The molecule has 22 heavy (non-hydrogen) atoms. The lowest BCUT2D eigenvalue weighted by Gasteiger charge is -2.55. The smallest absolute Gasteiger partial charge is 0.168 e. The predicted molar refractivity (Wildman–Crippen MR) is 103 cm³/mol. The van der Waals surface area contributed by atoms with E-state index in [1.165, 1.54) is 23.7 Å². The van der Waals surface area contributed by atoms with Crippen LogP contribution in [-0.2, 0) is 0 Å². The van der Waals surface area contributed by atoms with E-state index in [4.69, 9.17) is 0 Å². The topological polar surface area (TPSA) is 6.48 Å². The molecule has 1 heterocycles. The Kier molecular flexibility index (Phi) is 3.91. The molecule has 2 aromatic carbocycles. The van der Waals surface area contributed by atoms with Crippen molar-refractivity contribution in [3.05, 3.63) is 60.7 Å². The van der Waals surface area contributed by atoms with Gasteiger partial charge < -0.3 is 9.13 Å². The largest absolute Gasteiger partial charge is 0.397 e. The number of hydrogen-bond acceptors (Lipinski definition) is 2. The number of hydrogen-bond donors (Lipinski definition) is 0. The fraction of sp³-hybridized carbons (Fsp3) is 0.333. The van der Waals surface area contributed by atoms with E-state index in [1.807, 2.05) is 0 Å². The van der Waals surface area contributed by atoms with Crippen LogP contribution in [0.5, 0.6) is 0 Å². The van der Waals surface area contributed by atoms with Gasteiger partial charge in [0.05, 0.1) is 0 Å². The molecule has 1 aliphatic rings. The van der Waals surface area contributed by atoms with Gasteiger partial charge in [-0.1, -0.05) is 62.6 Å². The average Bonchev–Trinajstić information content (AvgIpc) is 2.51. The van der Waals surface area contributed by atoms with Crippen molar-refractivity contribution in [2.75, 3.05) is 21.5 Å². The summed E-state index contributed by atoms with van der Waals surface area (Å²) in [5.74, 6) is 0. The molecule has 0 spiro atoms. The maximum Gasteiger partial charge on any atom is 0.168 e. The van der Waals surface area contributed by atoms with Gasteiger partial charge in [0.2, 0.25) is 0 Å². The quantitative estimate of drug-likeness (QED) is 0.750. The third-order valence-electron chi connectivity index (χ3n) is 4.69. The van der Waals surface area contributed by atoms with E-state index in [1.54, 1.807) is 0 Å². The fourth-order valence-corrected chi connectivity index (χ4v) is 13.2. The summed E-state index contributed by atoms with van der Waals surface area (Å²) >= 11 is 0. The van der Waals surface area contributed by atoms with Crippen molar-refractivity contribution in [2.45, 2.75) is 26.2 Å². The van der Waals surface area contributed by atoms with Gasteiger partial charge in [0, 0.05) is 23.7 Å². The summed E-state index contributed by atoms with van der Waals surface area (Å²) in [6.45, 7) is 10.00. The van der Waals surface area contributed by atoms with E-state index in [9.17, 15) is 0 Å². The zero-order valence-electron chi connectivity index (χ0n) is 14.1. The number of rotatable bonds is 2. The summed E-state index contributed by atoms with van der Waals surface area (Å²) in [7, 11) is -3.00. The molecule has 0 amide bonds. The van der Waals surface area contributed by atoms with Crippen molar-refractivity contribution in [1.29, 1.82) is 0 Å². The Morgan fingerprint density at radius 3 is 1.23 bits per heavy atom. The van der Waals surface area contributed by atoms with Gasteiger partial charge in [0.25, 0.3) is 0 Å². The van der Waals surface area contributed by atoms with Crippen LogP contribution in [-0.4, -0.2) is 28.8 Å². The molecular weight excluding hydrogens is 300 g/mol. The minimum Gasteiger partial charge on any atom is -0.397 e. The molecule has 1 saturated heterocycles. The molecule has 0 unspecified atom stereocenters. The first-order valence-electron chi connectivity index (χ1n) is 8.06. The highest BCUT2D eigenvalue weighted by molar-refractivity contribution is 6.92. The van der Waals surface area contributed by atoms with Crippen LogP contribution in [0, 0.1) is 0 Å². The molecule has 0 N–H and O–H groups in total. The van der Waals surface area contributed by atoms with Crippen LogP contribution in [0.4, 0.5) is 11.4 Å². The number of benzene rings is 2. The van der Waals surface area contributed by atoms with Crippen LogP contribution >= 0.6 is 0 Å². The van der Waals surface area contributed by atoms with E-state index in [2.05, 4.69) is 96.0 Å². The number of para-hydroxylation sites is 2. The first-order valence-corrected chi connectivity index (χ1v) is 14.4. The molecule has 0 radical (unpaired) electrons. The van der Waals surface area contributed by atoms with Gasteiger partial charge in [0.15, 0.2) is 16.5 Å². The lowest BCUT2D eigenvalue weighted by Crippen LogP contribution is -2.73. The zero-order valence-corrected chi connectivity index (χ0v) is 16.1. The minimum atomic E-state index is -1.50. The fourth-order valence-electron chi connectivity index (χ4n) is 3.47. The summed E-state index contributed by atoms with van der Waals surface area (Å²) < 4.78 is 5.50. The van der Waals surface area contributed by atoms with Crippen molar-refractivity contribution in [1.82, 2.24) is 0 Å². The van der Waals surface area contributed by atoms with Crippen LogP contribution in [0.3, 0.4) is 0 Å². The van der Waals surface area contributed by atoms with Gasteiger partial charge in [-0.3, -0.25) is 0 Å². The van der Waals surface area contributed by atoms with Gasteiger partial charge >= 0.3 is 0 Å². The summed E-state index contributed by atoms with van der Waals surface area (Å²) in [5.41, 5.74) is 2.82. The molecule has 1 aliphatic heterocycles.